The lowest BCUT2D eigenvalue weighted by Crippen LogP contribution is -2.33. The SMILES string of the molecule is CC(C)CCC(=O)NC1CCC(C)(C)C1. The number of carbonyl (C=O) groups is 1. The fourth-order valence-corrected chi connectivity index (χ4v) is 2.28. The fourth-order valence-electron chi connectivity index (χ4n) is 2.28. The summed E-state index contributed by atoms with van der Waals surface area (Å²) in [6, 6.07) is 0.430. The molecule has 1 aliphatic rings. The molecule has 1 amide bonds. The molecular formula is C13H25NO. The molecule has 0 aliphatic heterocycles. The summed E-state index contributed by atoms with van der Waals surface area (Å²) in [6.07, 6.45) is 5.22. The Morgan fingerprint density at radius 3 is 2.60 bits per heavy atom. The van der Waals surface area contributed by atoms with Gasteiger partial charge < -0.3 is 5.32 Å². The highest BCUT2D eigenvalue weighted by molar-refractivity contribution is 5.76. The minimum absolute atomic E-state index is 0.242. The van der Waals surface area contributed by atoms with E-state index in [-0.39, 0.29) is 5.91 Å². The highest BCUT2D eigenvalue weighted by atomic mass is 16.1. The van der Waals surface area contributed by atoms with Crippen molar-refractivity contribution in [2.75, 3.05) is 0 Å². The first-order valence-corrected chi connectivity index (χ1v) is 6.18. The molecule has 1 rings (SSSR count). The summed E-state index contributed by atoms with van der Waals surface area (Å²) >= 11 is 0. The van der Waals surface area contributed by atoms with Crippen molar-refractivity contribution in [2.45, 2.75) is 65.8 Å². The Bertz CT molecular complexity index is 221. The van der Waals surface area contributed by atoms with Crippen molar-refractivity contribution in [2.24, 2.45) is 11.3 Å². The van der Waals surface area contributed by atoms with Gasteiger partial charge in [0.15, 0.2) is 0 Å². The van der Waals surface area contributed by atoms with Gasteiger partial charge in [-0.3, -0.25) is 4.79 Å². The number of rotatable bonds is 4. The van der Waals surface area contributed by atoms with Crippen molar-refractivity contribution in [3.63, 3.8) is 0 Å². The van der Waals surface area contributed by atoms with E-state index in [1.807, 2.05) is 0 Å². The van der Waals surface area contributed by atoms with Crippen molar-refractivity contribution in [1.29, 1.82) is 0 Å². The third-order valence-corrected chi connectivity index (χ3v) is 3.28. The van der Waals surface area contributed by atoms with Crippen LogP contribution in [0.4, 0.5) is 0 Å². The molecule has 88 valence electrons. The number of amides is 1. The summed E-state index contributed by atoms with van der Waals surface area (Å²) in [5.41, 5.74) is 0.427. The monoisotopic (exact) mass is 211 g/mol. The molecule has 15 heavy (non-hydrogen) atoms. The molecule has 0 heterocycles. The van der Waals surface area contributed by atoms with E-state index < -0.39 is 0 Å². The molecule has 0 spiro atoms. The van der Waals surface area contributed by atoms with Crippen molar-refractivity contribution < 1.29 is 4.79 Å². The third-order valence-electron chi connectivity index (χ3n) is 3.28. The normalized spacial score (nSPS) is 24.5. The Morgan fingerprint density at radius 1 is 1.47 bits per heavy atom. The molecule has 0 bridgehead atoms. The Kier molecular flexibility index (Phi) is 4.18. The summed E-state index contributed by atoms with van der Waals surface area (Å²) in [7, 11) is 0. The first-order valence-electron chi connectivity index (χ1n) is 6.18. The van der Waals surface area contributed by atoms with Crippen molar-refractivity contribution in [3.8, 4) is 0 Å². The van der Waals surface area contributed by atoms with Gasteiger partial charge in [-0.2, -0.15) is 0 Å². The quantitative estimate of drug-likeness (QED) is 0.760. The van der Waals surface area contributed by atoms with E-state index in [0.717, 1.165) is 19.3 Å². The van der Waals surface area contributed by atoms with Gasteiger partial charge in [-0.1, -0.05) is 27.7 Å². The first kappa shape index (κ1) is 12.5. The van der Waals surface area contributed by atoms with Gasteiger partial charge in [0.1, 0.15) is 0 Å². The second-order valence-corrected chi connectivity index (χ2v) is 6.10. The largest absolute Gasteiger partial charge is 0.353 e. The summed E-state index contributed by atoms with van der Waals surface area (Å²) in [5.74, 6) is 0.863. The maximum atomic E-state index is 11.6. The Labute approximate surface area is 93.8 Å². The van der Waals surface area contributed by atoms with Crippen LogP contribution >= 0.6 is 0 Å². The second kappa shape index (κ2) is 5.00. The molecule has 1 unspecified atom stereocenters. The van der Waals surface area contributed by atoms with Crippen LogP contribution in [0.25, 0.3) is 0 Å². The van der Waals surface area contributed by atoms with E-state index in [4.69, 9.17) is 0 Å². The third kappa shape index (κ3) is 4.67. The average Bonchev–Trinajstić information content (AvgIpc) is 2.42. The van der Waals surface area contributed by atoms with Gasteiger partial charge in [0.05, 0.1) is 0 Å². The molecule has 2 heteroatoms. The fraction of sp³-hybridized carbons (Fsp3) is 0.923. The minimum atomic E-state index is 0.242. The molecule has 2 nitrogen and oxygen atoms in total. The molecule has 0 aromatic heterocycles. The van der Waals surface area contributed by atoms with Crippen LogP contribution < -0.4 is 5.32 Å². The first-order chi connectivity index (χ1) is 6.89. The van der Waals surface area contributed by atoms with Crippen LogP contribution in [-0.4, -0.2) is 11.9 Å². The summed E-state index contributed by atoms with van der Waals surface area (Å²) in [5, 5.41) is 3.15. The van der Waals surface area contributed by atoms with Crippen LogP contribution in [0.5, 0.6) is 0 Å². The number of hydrogen-bond acceptors (Lipinski definition) is 1. The van der Waals surface area contributed by atoms with Crippen LogP contribution in [0.15, 0.2) is 0 Å². The summed E-state index contributed by atoms with van der Waals surface area (Å²) < 4.78 is 0. The molecule has 1 atom stereocenters. The maximum Gasteiger partial charge on any atom is 0.220 e. The number of carbonyl (C=O) groups excluding carboxylic acids is 1. The zero-order chi connectivity index (χ0) is 11.5. The average molecular weight is 211 g/mol. The maximum absolute atomic E-state index is 11.6. The standard InChI is InChI=1S/C13H25NO/c1-10(2)5-6-12(15)14-11-7-8-13(3,4)9-11/h10-11H,5-9H2,1-4H3,(H,14,15). The summed E-state index contributed by atoms with van der Waals surface area (Å²) in [4.78, 5) is 11.6. The molecule has 1 saturated carbocycles. The molecule has 1 N–H and O–H groups in total. The lowest BCUT2D eigenvalue weighted by Gasteiger charge is -2.18. The molecular weight excluding hydrogens is 186 g/mol. The Morgan fingerprint density at radius 2 is 2.13 bits per heavy atom. The molecule has 1 fully saturated rings. The van der Waals surface area contributed by atoms with Gasteiger partial charge in [0, 0.05) is 12.5 Å². The second-order valence-electron chi connectivity index (χ2n) is 6.10. The van der Waals surface area contributed by atoms with Crippen LogP contribution in [0, 0.1) is 11.3 Å². The van der Waals surface area contributed by atoms with E-state index in [0.29, 0.717) is 23.8 Å². The zero-order valence-corrected chi connectivity index (χ0v) is 10.6. The van der Waals surface area contributed by atoms with Crippen LogP contribution in [0.3, 0.4) is 0 Å². The van der Waals surface area contributed by atoms with Gasteiger partial charge in [-0.25, -0.2) is 0 Å². The predicted molar refractivity (Wildman–Crippen MR) is 63.6 cm³/mol. The molecule has 0 aromatic rings. The van der Waals surface area contributed by atoms with Crippen molar-refractivity contribution in [3.05, 3.63) is 0 Å². The zero-order valence-electron chi connectivity index (χ0n) is 10.6. The molecule has 0 radical (unpaired) electrons. The lowest BCUT2D eigenvalue weighted by atomic mass is 9.92. The molecule has 1 aliphatic carbocycles. The topological polar surface area (TPSA) is 29.1 Å². The van der Waals surface area contributed by atoms with Crippen molar-refractivity contribution in [1.82, 2.24) is 5.32 Å². The van der Waals surface area contributed by atoms with Gasteiger partial charge in [0.2, 0.25) is 5.91 Å². The highest BCUT2D eigenvalue weighted by Crippen LogP contribution is 2.36. The number of nitrogens with one attached hydrogen (secondary N) is 1. The molecule has 0 saturated heterocycles. The highest BCUT2D eigenvalue weighted by Gasteiger charge is 2.31. The smallest absolute Gasteiger partial charge is 0.220 e. The van der Waals surface area contributed by atoms with Gasteiger partial charge in [-0.15, -0.1) is 0 Å². The molecule has 0 aromatic carbocycles. The van der Waals surface area contributed by atoms with E-state index in [1.54, 1.807) is 0 Å². The predicted octanol–water partition coefficient (Wildman–Crippen LogP) is 3.12. The Balaban J connectivity index is 2.22. The minimum Gasteiger partial charge on any atom is -0.353 e. The lowest BCUT2D eigenvalue weighted by molar-refractivity contribution is -0.122. The van der Waals surface area contributed by atoms with E-state index in [9.17, 15) is 4.79 Å². The van der Waals surface area contributed by atoms with Crippen molar-refractivity contribution >= 4 is 5.91 Å². The van der Waals surface area contributed by atoms with E-state index >= 15 is 0 Å². The van der Waals surface area contributed by atoms with Gasteiger partial charge in [-0.05, 0) is 37.0 Å². The number of hydrogen-bond donors (Lipinski definition) is 1. The summed E-state index contributed by atoms with van der Waals surface area (Å²) in [6.45, 7) is 8.89. The van der Waals surface area contributed by atoms with E-state index in [2.05, 4.69) is 33.0 Å². The van der Waals surface area contributed by atoms with Crippen LogP contribution in [0.1, 0.15) is 59.8 Å². The Hall–Kier alpha value is -0.530. The van der Waals surface area contributed by atoms with Gasteiger partial charge in [0.25, 0.3) is 0 Å². The van der Waals surface area contributed by atoms with Crippen LogP contribution in [-0.2, 0) is 4.79 Å². The van der Waals surface area contributed by atoms with E-state index in [1.165, 1.54) is 6.42 Å². The van der Waals surface area contributed by atoms with Crippen LogP contribution in [0.2, 0.25) is 0 Å². The van der Waals surface area contributed by atoms with Gasteiger partial charge >= 0.3 is 0 Å².